The van der Waals surface area contributed by atoms with Gasteiger partial charge in [-0.2, -0.15) is 15.0 Å². The maximum Gasteiger partial charge on any atom is 0.350 e. The molecule has 6 rings (SSSR count). The summed E-state index contributed by atoms with van der Waals surface area (Å²) < 4.78 is 7.38. The van der Waals surface area contributed by atoms with Crippen molar-refractivity contribution in [1.82, 2.24) is 19.5 Å². The zero-order valence-electron chi connectivity index (χ0n) is 20.6. The summed E-state index contributed by atoms with van der Waals surface area (Å²) in [4.78, 5) is 25.4. The van der Waals surface area contributed by atoms with E-state index in [1.807, 2.05) is 54.6 Å². The summed E-state index contributed by atoms with van der Waals surface area (Å²) in [5.74, 6) is 0.547. The van der Waals surface area contributed by atoms with Crippen LogP contribution in [0.3, 0.4) is 0 Å². The van der Waals surface area contributed by atoms with Crippen molar-refractivity contribution >= 4 is 39.3 Å². The van der Waals surface area contributed by atoms with E-state index in [4.69, 9.17) is 10.5 Å². The van der Waals surface area contributed by atoms with Crippen LogP contribution in [0.1, 0.15) is 5.56 Å². The Morgan fingerprint density at radius 1 is 0.842 bits per heavy atom. The lowest BCUT2D eigenvalue weighted by atomic mass is 9.98. The van der Waals surface area contributed by atoms with Crippen molar-refractivity contribution in [2.24, 2.45) is 7.05 Å². The molecule has 0 amide bonds. The van der Waals surface area contributed by atoms with Crippen LogP contribution in [0.2, 0.25) is 0 Å². The fraction of sp³-hybridized carbons (Fsp3) is 0.0667. The molecule has 0 aliphatic heterocycles. The largest absolute Gasteiger partial charge is 0.472 e. The number of hydrogen-bond donors (Lipinski definition) is 2. The number of fused-ring (bicyclic) bond motifs is 2. The molecule has 0 saturated carbocycles. The van der Waals surface area contributed by atoms with Crippen molar-refractivity contribution in [3.63, 3.8) is 0 Å². The summed E-state index contributed by atoms with van der Waals surface area (Å²) in [6, 6.07) is 32.4. The summed E-state index contributed by atoms with van der Waals surface area (Å²) in [7, 11) is 1.59. The van der Waals surface area contributed by atoms with Crippen LogP contribution in [-0.4, -0.2) is 19.5 Å². The van der Waals surface area contributed by atoms with Gasteiger partial charge < -0.3 is 15.8 Å². The van der Waals surface area contributed by atoms with Gasteiger partial charge in [0, 0.05) is 12.7 Å². The van der Waals surface area contributed by atoms with Crippen LogP contribution >= 0.6 is 0 Å². The lowest BCUT2D eigenvalue weighted by Crippen LogP contribution is -2.23. The average Bonchev–Trinajstić information content (AvgIpc) is 2.95. The fourth-order valence-corrected chi connectivity index (χ4v) is 4.45. The molecule has 0 saturated heterocycles. The fourth-order valence-electron chi connectivity index (χ4n) is 4.45. The molecule has 2 heterocycles. The van der Waals surface area contributed by atoms with Gasteiger partial charge in [-0.1, -0.05) is 84.9 Å². The molecule has 8 nitrogen and oxygen atoms in total. The van der Waals surface area contributed by atoms with Crippen LogP contribution in [0.5, 0.6) is 5.88 Å². The standard InChI is InChI=1S/C30H24N6O2/c1-36-27-25(26(31)33-30(36)37)28(38-18-19-8-3-2-4-9-19)35-29(34-27)32-22-16-14-21(15-17-22)24-13-7-11-20-10-5-6-12-23(20)24/h2-17H,18H2,1H3,(H2,31,33,37)(H,32,34,35). The van der Waals surface area contributed by atoms with Crippen LogP contribution in [0.15, 0.2) is 102 Å². The van der Waals surface area contributed by atoms with E-state index in [1.165, 1.54) is 15.3 Å². The van der Waals surface area contributed by atoms with E-state index in [-0.39, 0.29) is 24.3 Å². The van der Waals surface area contributed by atoms with Crippen molar-refractivity contribution in [1.29, 1.82) is 0 Å². The minimum absolute atomic E-state index is 0.0251. The van der Waals surface area contributed by atoms with Crippen molar-refractivity contribution < 1.29 is 4.74 Å². The maximum atomic E-state index is 12.3. The predicted molar refractivity (Wildman–Crippen MR) is 150 cm³/mol. The molecule has 0 fully saturated rings. The molecular formula is C30H24N6O2. The molecule has 0 atom stereocenters. The predicted octanol–water partition coefficient (Wildman–Crippen LogP) is 5.45. The van der Waals surface area contributed by atoms with Crippen LogP contribution in [0.25, 0.3) is 32.9 Å². The van der Waals surface area contributed by atoms with E-state index >= 15 is 0 Å². The lowest BCUT2D eigenvalue weighted by Gasteiger charge is -2.14. The summed E-state index contributed by atoms with van der Waals surface area (Å²) in [6.45, 7) is 0.272. The number of ether oxygens (including phenoxy) is 1. The second kappa shape index (κ2) is 9.67. The zero-order chi connectivity index (χ0) is 26.1. The molecule has 0 radical (unpaired) electrons. The highest BCUT2D eigenvalue weighted by Gasteiger charge is 2.17. The first-order valence-corrected chi connectivity index (χ1v) is 12.1. The topological polar surface area (TPSA) is 108 Å². The third kappa shape index (κ3) is 4.39. The molecule has 0 spiro atoms. The van der Waals surface area contributed by atoms with E-state index in [0.717, 1.165) is 22.4 Å². The molecule has 38 heavy (non-hydrogen) atoms. The molecule has 4 aromatic carbocycles. The van der Waals surface area contributed by atoms with Gasteiger partial charge in [0.05, 0.1) is 0 Å². The second-order valence-electron chi connectivity index (χ2n) is 8.89. The lowest BCUT2D eigenvalue weighted by molar-refractivity contribution is 0.298. The number of rotatable bonds is 6. The second-order valence-corrected chi connectivity index (χ2v) is 8.89. The Hall–Kier alpha value is -5.24. The van der Waals surface area contributed by atoms with Gasteiger partial charge in [0.25, 0.3) is 0 Å². The zero-order valence-corrected chi connectivity index (χ0v) is 20.6. The molecule has 0 bridgehead atoms. The van der Waals surface area contributed by atoms with Gasteiger partial charge in [-0.3, -0.25) is 4.57 Å². The van der Waals surface area contributed by atoms with Gasteiger partial charge in [0.1, 0.15) is 17.8 Å². The van der Waals surface area contributed by atoms with E-state index in [9.17, 15) is 4.79 Å². The van der Waals surface area contributed by atoms with Crippen LogP contribution in [0.4, 0.5) is 17.5 Å². The highest BCUT2D eigenvalue weighted by Crippen LogP contribution is 2.31. The minimum Gasteiger partial charge on any atom is -0.472 e. The number of aryl methyl sites for hydroxylation is 1. The van der Waals surface area contributed by atoms with Crippen LogP contribution < -0.4 is 21.5 Å². The first-order valence-electron chi connectivity index (χ1n) is 12.1. The van der Waals surface area contributed by atoms with E-state index in [1.54, 1.807) is 7.05 Å². The molecule has 2 aromatic heterocycles. The summed E-state index contributed by atoms with van der Waals surface area (Å²) in [5, 5.41) is 6.02. The Labute approximate surface area is 218 Å². The molecular weight excluding hydrogens is 476 g/mol. The first kappa shape index (κ1) is 23.2. The summed E-state index contributed by atoms with van der Waals surface area (Å²) in [6.07, 6.45) is 0. The molecule has 186 valence electrons. The van der Waals surface area contributed by atoms with E-state index in [0.29, 0.717) is 11.0 Å². The Morgan fingerprint density at radius 3 is 2.39 bits per heavy atom. The summed E-state index contributed by atoms with van der Waals surface area (Å²) >= 11 is 0. The molecule has 0 aliphatic rings. The third-order valence-corrected chi connectivity index (χ3v) is 6.39. The normalized spacial score (nSPS) is 11.1. The number of benzene rings is 4. The van der Waals surface area contributed by atoms with Gasteiger partial charge in [-0.15, -0.1) is 0 Å². The monoisotopic (exact) mass is 500 g/mol. The molecule has 0 aliphatic carbocycles. The Morgan fingerprint density at radius 2 is 1.58 bits per heavy atom. The molecule has 3 N–H and O–H groups in total. The number of hydrogen-bond acceptors (Lipinski definition) is 7. The van der Waals surface area contributed by atoms with Gasteiger partial charge in [-0.05, 0) is 39.6 Å². The number of nitrogens with one attached hydrogen (secondary N) is 1. The quantitative estimate of drug-likeness (QED) is 0.313. The molecule has 6 aromatic rings. The number of nitrogens with two attached hydrogens (primary N) is 1. The number of aromatic nitrogens is 4. The first-order chi connectivity index (χ1) is 18.6. The highest BCUT2D eigenvalue weighted by molar-refractivity contribution is 5.97. The smallest absolute Gasteiger partial charge is 0.350 e. The minimum atomic E-state index is -0.506. The third-order valence-electron chi connectivity index (χ3n) is 6.39. The van der Waals surface area contributed by atoms with Crippen LogP contribution in [-0.2, 0) is 13.7 Å². The molecule has 0 unspecified atom stereocenters. The van der Waals surface area contributed by atoms with Crippen molar-refractivity contribution in [2.75, 3.05) is 11.1 Å². The number of nitrogens with zero attached hydrogens (tertiary/aromatic N) is 4. The average molecular weight is 501 g/mol. The Kier molecular flexibility index (Phi) is 5.89. The number of nitrogen functional groups attached to an aromatic ring is 1. The highest BCUT2D eigenvalue weighted by atomic mass is 16.5. The molecule has 8 heteroatoms. The van der Waals surface area contributed by atoms with E-state index in [2.05, 4.69) is 62.7 Å². The Bertz CT molecular complexity index is 1830. The van der Waals surface area contributed by atoms with Gasteiger partial charge in [0.15, 0.2) is 5.65 Å². The van der Waals surface area contributed by atoms with E-state index < -0.39 is 5.69 Å². The van der Waals surface area contributed by atoms with Gasteiger partial charge in [0.2, 0.25) is 11.8 Å². The Balaban J connectivity index is 1.35. The van der Waals surface area contributed by atoms with Crippen LogP contribution in [0, 0.1) is 0 Å². The van der Waals surface area contributed by atoms with Crippen molar-refractivity contribution in [3.05, 3.63) is 113 Å². The van der Waals surface area contributed by atoms with Gasteiger partial charge in [-0.25, -0.2) is 4.79 Å². The van der Waals surface area contributed by atoms with Gasteiger partial charge >= 0.3 is 5.69 Å². The maximum absolute atomic E-state index is 12.3. The summed E-state index contributed by atoms with van der Waals surface area (Å²) in [5.41, 5.74) is 9.94. The number of anilines is 3. The van der Waals surface area contributed by atoms with Crippen molar-refractivity contribution in [3.8, 4) is 17.0 Å². The SMILES string of the molecule is Cn1c(=O)nc(N)c2c(OCc3ccccc3)nc(Nc3ccc(-c4cccc5ccccc45)cc3)nc21. The van der Waals surface area contributed by atoms with Crippen molar-refractivity contribution in [2.45, 2.75) is 6.61 Å².